The van der Waals surface area contributed by atoms with E-state index >= 15 is 0 Å². The summed E-state index contributed by atoms with van der Waals surface area (Å²) in [5.41, 5.74) is 1.64. The first kappa shape index (κ1) is 11.8. The molecule has 2 rings (SSSR count). The molecule has 0 unspecified atom stereocenters. The molecule has 1 aromatic heterocycles. The third-order valence-electron chi connectivity index (χ3n) is 2.87. The Labute approximate surface area is 98.5 Å². The molecule has 0 amide bonds. The van der Waals surface area contributed by atoms with E-state index in [0.29, 0.717) is 0 Å². The van der Waals surface area contributed by atoms with Gasteiger partial charge in [-0.3, -0.25) is 9.59 Å². The van der Waals surface area contributed by atoms with Gasteiger partial charge in [0.1, 0.15) is 0 Å². The minimum atomic E-state index is -0.920. The monoisotopic (exact) mass is 237 g/mol. The van der Waals surface area contributed by atoms with Gasteiger partial charge in [-0.05, 0) is 12.6 Å². The van der Waals surface area contributed by atoms with Gasteiger partial charge in [0.25, 0.3) is 5.56 Å². The van der Waals surface area contributed by atoms with Crippen LogP contribution in [-0.4, -0.2) is 39.3 Å². The van der Waals surface area contributed by atoms with Crippen molar-refractivity contribution in [3.05, 3.63) is 27.7 Å². The third kappa shape index (κ3) is 2.71. The van der Waals surface area contributed by atoms with Crippen molar-refractivity contribution in [2.75, 3.05) is 13.6 Å². The second-order valence-corrected chi connectivity index (χ2v) is 4.31. The minimum Gasteiger partial charge on any atom is -0.481 e. The number of aryl methyl sites for hydroxylation is 1. The lowest BCUT2D eigenvalue weighted by Gasteiger charge is -2.24. The van der Waals surface area contributed by atoms with Crippen LogP contribution in [0.15, 0.2) is 10.9 Å². The van der Waals surface area contributed by atoms with E-state index in [9.17, 15) is 9.59 Å². The van der Waals surface area contributed by atoms with Gasteiger partial charge in [-0.2, -0.15) is 5.10 Å². The van der Waals surface area contributed by atoms with Crippen molar-refractivity contribution < 1.29 is 9.90 Å². The lowest BCUT2D eigenvalue weighted by molar-refractivity contribution is -0.137. The van der Waals surface area contributed by atoms with Crippen molar-refractivity contribution in [1.82, 2.24) is 14.7 Å². The molecular weight excluding hydrogens is 222 g/mol. The lowest BCUT2D eigenvalue weighted by atomic mass is 10.1. The molecule has 0 atom stereocenters. The summed E-state index contributed by atoms with van der Waals surface area (Å²) in [4.78, 5) is 24.3. The van der Waals surface area contributed by atoms with Crippen molar-refractivity contribution in [3.8, 4) is 0 Å². The second-order valence-electron chi connectivity index (χ2n) is 4.31. The number of nitrogens with zero attached hydrogens (tertiary/aromatic N) is 3. The molecule has 0 aliphatic carbocycles. The maximum Gasteiger partial charge on any atom is 0.305 e. The van der Waals surface area contributed by atoms with E-state index in [-0.39, 0.29) is 18.5 Å². The van der Waals surface area contributed by atoms with Crippen LogP contribution in [0.5, 0.6) is 0 Å². The Kier molecular flexibility index (Phi) is 3.23. The molecule has 0 spiro atoms. The Morgan fingerprint density at radius 1 is 1.59 bits per heavy atom. The van der Waals surface area contributed by atoms with Gasteiger partial charge >= 0.3 is 5.97 Å². The highest BCUT2D eigenvalue weighted by molar-refractivity contribution is 5.66. The smallest absolute Gasteiger partial charge is 0.305 e. The molecule has 0 bridgehead atoms. The highest BCUT2D eigenvalue weighted by Gasteiger charge is 2.16. The van der Waals surface area contributed by atoms with Gasteiger partial charge < -0.3 is 10.0 Å². The predicted molar refractivity (Wildman–Crippen MR) is 60.8 cm³/mol. The predicted octanol–water partition coefficient (Wildman–Crippen LogP) is -0.294. The van der Waals surface area contributed by atoms with Crippen molar-refractivity contribution in [2.45, 2.75) is 25.9 Å². The van der Waals surface area contributed by atoms with Crippen molar-refractivity contribution in [2.24, 2.45) is 0 Å². The Hall–Kier alpha value is -1.69. The highest BCUT2D eigenvalue weighted by atomic mass is 16.4. The zero-order chi connectivity index (χ0) is 12.4. The van der Waals surface area contributed by atoms with E-state index in [4.69, 9.17) is 5.11 Å². The van der Waals surface area contributed by atoms with Gasteiger partial charge in [0.2, 0.25) is 0 Å². The lowest BCUT2D eigenvalue weighted by Crippen LogP contribution is -2.33. The molecule has 1 N–H and O–H groups in total. The van der Waals surface area contributed by atoms with Gasteiger partial charge in [0, 0.05) is 25.6 Å². The Bertz CT molecular complexity index is 495. The number of hydrogen-bond acceptors (Lipinski definition) is 4. The first-order chi connectivity index (χ1) is 8.06. The molecule has 0 saturated heterocycles. The summed E-state index contributed by atoms with van der Waals surface area (Å²) < 4.78 is 1.25. The second kappa shape index (κ2) is 4.67. The molecule has 92 valence electrons. The van der Waals surface area contributed by atoms with Crippen molar-refractivity contribution in [1.29, 1.82) is 0 Å². The number of rotatable bonds is 3. The van der Waals surface area contributed by atoms with E-state index < -0.39 is 5.97 Å². The summed E-state index contributed by atoms with van der Waals surface area (Å²) in [7, 11) is 2.00. The van der Waals surface area contributed by atoms with E-state index in [1.54, 1.807) is 6.07 Å². The number of carboxylic acid groups (broad SMARTS) is 1. The number of aliphatic carboxylic acids is 1. The van der Waals surface area contributed by atoms with Crippen molar-refractivity contribution in [3.63, 3.8) is 0 Å². The van der Waals surface area contributed by atoms with Gasteiger partial charge in [-0.15, -0.1) is 0 Å². The Balaban J connectivity index is 2.25. The zero-order valence-corrected chi connectivity index (χ0v) is 9.72. The van der Waals surface area contributed by atoms with E-state index in [1.165, 1.54) is 4.68 Å². The van der Waals surface area contributed by atoms with Gasteiger partial charge in [0.05, 0.1) is 18.7 Å². The van der Waals surface area contributed by atoms with Crippen LogP contribution in [0.1, 0.15) is 17.7 Å². The molecule has 0 fully saturated rings. The average molecular weight is 237 g/mol. The fraction of sp³-hybridized carbons (Fsp3) is 0.545. The van der Waals surface area contributed by atoms with Crippen LogP contribution in [0.2, 0.25) is 0 Å². The first-order valence-corrected chi connectivity index (χ1v) is 5.56. The minimum absolute atomic E-state index is 0.0778. The molecule has 0 radical (unpaired) electrons. The Morgan fingerprint density at radius 2 is 2.35 bits per heavy atom. The van der Waals surface area contributed by atoms with Crippen LogP contribution in [0.25, 0.3) is 0 Å². The highest BCUT2D eigenvalue weighted by Crippen LogP contribution is 2.13. The standard InChI is InChI=1S/C11H15N3O3/c1-13-4-2-9-8(7-13)6-10(15)14(12-9)5-3-11(16)17/h6H,2-5,7H2,1H3,(H,16,17). The third-order valence-corrected chi connectivity index (χ3v) is 2.87. The topological polar surface area (TPSA) is 75.4 Å². The van der Waals surface area contributed by atoms with E-state index in [1.807, 2.05) is 7.05 Å². The molecule has 1 aliphatic heterocycles. The van der Waals surface area contributed by atoms with Crippen LogP contribution in [-0.2, 0) is 24.3 Å². The number of carbonyl (C=O) groups is 1. The molecule has 17 heavy (non-hydrogen) atoms. The summed E-state index contributed by atoms with van der Waals surface area (Å²) in [5.74, 6) is -0.920. The molecule has 6 nitrogen and oxygen atoms in total. The molecule has 0 saturated carbocycles. The van der Waals surface area contributed by atoms with Gasteiger partial charge in [0.15, 0.2) is 0 Å². The van der Waals surface area contributed by atoms with Crippen LogP contribution < -0.4 is 5.56 Å². The molecule has 1 aromatic rings. The van der Waals surface area contributed by atoms with Crippen LogP contribution in [0, 0.1) is 0 Å². The maximum absolute atomic E-state index is 11.7. The van der Waals surface area contributed by atoms with Crippen LogP contribution >= 0.6 is 0 Å². The molecule has 0 aromatic carbocycles. The largest absolute Gasteiger partial charge is 0.481 e. The molecule has 6 heteroatoms. The van der Waals surface area contributed by atoms with Crippen LogP contribution in [0.3, 0.4) is 0 Å². The number of likely N-dealkylation sites (N-methyl/N-ethyl adjacent to an activating group) is 1. The Morgan fingerprint density at radius 3 is 3.06 bits per heavy atom. The molecule has 2 heterocycles. The van der Waals surface area contributed by atoms with Gasteiger partial charge in [-0.1, -0.05) is 0 Å². The summed E-state index contributed by atoms with van der Waals surface area (Å²) in [6.07, 6.45) is 0.727. The van der Waals surface area contributed by atoms with E-state index in [0.717, 1.165) is 30.8 Å². The first-order valence-electron chi connectivity index (χ1n) is 5.56. The summed E-state index contributed by atoms with van der Waals surface area (Å²) in [6.45, 7) is 1.78. The fourth-order valence-electron chi connectivity index (χ4n) is 1.94. The molecular formula is C11H15N3O3. The summed E-state index contributed by atoms with van der Waals surface area (Å²) in [6, 6.07) is 1.57. The number of carboxylic acids is 1. The van der Waals surface area contributed by atoms with Crippen molar-refractivity contribution >= 4 is 5.97 Å². The number of fused-ring (bicyclic) bond motifs is 1. The average Bonchev–Trinajstić information content (AvgIpc) is 2.26. The quantitative estimate of drug-likeness (QED) is 0.781. The number of aromatic nitrogens is 2. The summed E-state index contributed by atoms with van der Waals surface area (Å²) >= 11 is 0. The van der Waals surface area contributed by atoms with Crippen LogP contribution in [0.4, 0.5) is 0 Å². The SMILES string of the molecule is CN1CCc2nn(CCC(=O)O)c(=O)cc2C1. The normalized spacial score (nSPS) is 15.6. The van der Waals surface area contributed by atoms with E-state index in [2.05, 4.69) is 10.00 Å². The maximum atomic E-state index is 11.7. The summed E-state index contributed by atoms with van der Waals surface area (Å²) in [5, 5.41) is 12.8. The zero-order valence-electron chi connectivity index (χ0n) is 9.72. The fourth-order valence-corrected chi connectivity index (χ4v) is 1.94. The number of hydrogen-bond donors (Lipinski definition) is 1. The van der Waals surface area contributed by atoms with Gasteiger partial charge in [-0.25, -0.2) is 4.68 Å². The molecule has 1 aliphatic rings.